The minimum absolute atomic E-state index is 0.00424. The summed E-state index contributed by atoms with van der Waals surface area (Å²) in [7, 11) is -3.75. The Bertz CT molecular complexity index is 724. The van der Waals surface area contributed by atoms with Crippen LogP contribution in [0.15, 0.2) is 29.2 Å². The van der Waals surface area contributed by atoms with Crippen molar-refractivity contribution in [1.29, 1.82) is 0 Å². The number of fused-ring (bicyclic) bond motifs is 1. The normalized spacial score (nSPS) is 14.8. The van der Waals surface area contributed by atoms with Gasteiger partial charge in [0.1, 0.15) is 5.82 Å². The number of benzene rings is 1. The van der Waals surface area contributed by atoms with Gasteiger partial charge in [0, 0.05) is 12.1 Å². The molecule has 0 radical (unpaired) electrons. The van der Waals surface area contributed by atoms with Gasteiger partial charge in [-0.3, -0.25) is 9.82 Å². The van der Waals surface area contributed by atoms with E-state index in [2.05, 4.69) is 20.2 Å². The summed E-state index contributed by atoms with van der Waals surface area (Å²) in [6, 6.07) is 4.66. The molecule has 3 N–H and O–H groups in total. The summed E-state index contributed by atoms with van der Waals surface area (Å²) in [4.78, 5) is 0.00424. The monoisotopic (exact) mass is 296 g/mol. The number of aromatic amines is 1. The zero-order valence-electron chi connectivity index (χ0n) is 10.5. The predicted molar refractivity (Wildman–Crippen MR) is 71.2 cm³/mol. The van der Waals surface area contributed by atoms with Gasteiger partial charge < -0.3 is 5.32 Å². The van der Waals surface area contributed by atoms with E-state index in [4.69, 9.17) is 0 Å². The van der Waals surface area contributed by atoms with E-state index in [1.165, 1.54) is 12.1 Å². The van der Waals surface area contributed by atoms with E-state index in [1.54, 1.807) is 0 Å². The molecule has 2 aromatic rings. The fraction of sp³-hybridized carbons (Fsp3) is 0.250. The van der Waals surface area contributed by atoms with E-state index < -0.39 is 15.8 Å². The smallest absolute Gasteiger partial charge is 0.263 e. The Morgan fingerprint density at radius 1 is 1.25 bits per heavy atom. The lowest BCUT2D eigenvalue weighted by atomic mass is 10.1. The van der Waals surface area contributed by atoms with Crippen molar-refractivity contribution >= 4 is 15.8 Å². The molecule has 1 aromatic heterocycles. The van der Waals surface area contributed by atoms with Crippen molar-refractivity contribution in [2.24, 2.45) is 0 Å². The summed E-state index contributed by atoms with van der Waals surface area (Å²) in [6.45, 7) is 1.42. The van der Waals surface area contributed by atoms with E-state index in [1.807, 2.05) is 0 Å². The lowest BCUT2D eigenvalue weighted by Crippen LogP contribution is -2.24. The molecule has 0 atom stereocenters. The van der Waals surface area contributed by atoms with Crippen LogP contribution in [0.1, 0.15) is 11.3 Å². The lowest BCUT2D eigenvalue weighted by Gasteiger charge is -2.13. The number of rotatable bonds is 3. The lowest BCUT2D eigenvalue weighted by molar-refractivity contribution is 0.599. The molecule has 0 fully saturated rings. The molecule has 3 rings (SSSR count). The topological polar surface area (TPSA) is 86.9 Å². The van der Waals surface area contributed by atoms with E-state index in [-0.39, 0.29) is 4.90 Å². The summed E-state index contributed by atoms with van der Waals surface area (Å²) in [6.07, 6.45) is 0.701. The van der Waals surface area contributed by atoms with Gasteiger partial charge in [-0.05, 0) is 37.2 Å². The molecule has 0 aliphatic carbocycles. The Labute approximate surface area is 115 Å². The van der Waals surface area contributed by atoms with Crippen molar-refractivity contribution < 1.29 is 12.8 Å². The number of nitrogens with zero attached hydrogens (tertiary/aromatic N) is 1. The molecular weight excluding hydrogens is 283 g/mol. The second kappa shape index (κ2) is 4.88. The molecule has 0 spiro atoms. The highest BCUT2D eigenvalue weighted by Crippen LogP contribution is 2.22. The zero-order chi connectivity index (χ0) is 14.2. The van der Waals surface area contributed by atoms with Crippen LogP contribution >= 0.6 is 0 Å². The zero-order valence-corrected chi connectivity index (χ0v) is 11.3. The van der Waals surface area contributed by atoms with Crippen molar-refractivity contribution in [2.45, 2.75) is 17.9 Å². The first-order chi connectivity index (χ1) is 9.56. The minimum atomic E-state index is -3.75. The fourth-order valence-electron chi connectivity index (χ4n) is 2.13. The van der Waals surface area contributed by atoms with Gasteiger partial charge in [0.05, 0.1) is 10.6 Å². The maximum absolute atomic E-state index is 12.8. The summed E-state index contributed by atoms with van der Waals surface area (Å²) >= 11 is 0. The molecule has 0 saturated carbocycles. The van der Waals surface area contributed by atoms with Gasteiger partial charge >= 0.3 is 0 Å². The summed E-state index contributed by atoms with van der Waals surface area (Å²) < 4.78 is 39.7. The number of sulfonamides is 1. The molecular formula is C12H13FN4O2S. The van der Waals surface area contributed by atoms with Crippen molar-refractivity contribution in [2.75, 3.05) is 11.3 Å². The Morgan fingerprint density at radius 3 is 2.75 bits per heavy atom. The number of hydrogen-bond donors (Lipinski definition) is 3. The van der Waals surface area contributed by atoms with Crippen molar-refractivity contribution in [3.8, 4) is 0 Å². The van der Waals surface area contributed by atoms with Gasteiger partial charge in [-0.2, -0.15) is 5.10 Å². The molecule has 6 nitrogen and oxygen atoms in total. The fourth-order valence-corrected chi connectivity index (χ4v) is 3.16. The first-order valence-electron chi connectivity index (χ1n) is 6.11. The standard InChI is InChI=1S/C12H13FN4O2S/c13-8-1-3-9(4-2-8)20(18,19)17-12-10-5-6-14-7-11(10)15-16-12/h1-4,14H,5-7H2,(H2,15,16,17). The van der Waals surface area contributed by atoms with Crippen LogP contribution in [-0.2, 0) is 23.0 Å². The van der Waals surface area contributed by atoms with Crippen LogP contribution in [0.25, 0.3) is 0 Å². The minimum Gasteiger partial charge on any atom is -0.311 e. The van der Waals surface area contributed by atoms with Crippen LogP contribution in [0, 0.1) is 5.82 Å². The molecule has 1 aliphatic heterocycles. The maximum Gasteiger partial charge on any atom is 0.263 e. The molecule has 0 unspecified atom stereocenters. The third-order valence-corrected chi connectivity index (χ3v) is 4.52. The molecule has 1 aromatic carbocycles. The molecule has 0 saturated heterocycles. The number of hydrogen-bond acceptors (Lipinski definition) is 4. The van der Waals surface area contributed by atoms with Gasteiger partial charge in [0.15, 0.2) is 5.82 Å². The molecule has 8 heteroatoms. The third kappa shape index (κ3) is 2.39. The SMILES string of the molecule is O=S(=O)(Nc1n[nH]c2c1CCNC2)c1ccc(F)cc1. The number of nitrogens with one attached hydrogen (secondary N) is 3. The summed E-state index contributed by atoms with van der Waals surface area (Å²) in [5.41, 5.74) is 1.75. The molecule has 2 heterocycles. The van der Waals surface area contributed by atoms with Gasteiger partial charge in [-0.25, -0.2) is 12.8 Å². The Balaban J connectivity index is 1.90. The van der Waals surface area contributed by atoms with Gasteiger partial charge in [-0.1, -0.05) is 0 Å². The van der Waals surface area contributed by atoms with Crippen LogP contribution in [0.4, 0.5) is 10.2 Å². The van der Waals surface area contributed by atoms with Crippen LogP contribution < -0.4 is 10.0 Å². The molecule has 20 heavy (non-hydrogen) atoms. The summed E-state index contributed by atoms with van der Waals surface area (Å²) in [5.74, 6) is -0.169. The largest absolute Gasteiger partial charge is 0.311 e. The predicted octanol–water partition coefficient (Wildman–Crippen LogP) is 0.995. The Morgan fingerprint density at radius 2 is 2.00 bits per heavy atom. The number of anilines is 1. The van der Waals surface area contributed by atoms with Gasteiger partial charge in [0.2, 0.25) is 0 Å². The van der Waals surface area contributed by atoms with Gasteiger partial charge in [0.25, 0.3) is 10.0 Å². The quantitative estimate of drug-likeness (QED) is 0.788. The van der Waals surface area contributed by atoms with E-state index in [0.29, 0.717) is 18.8 Å². The van der Waals surface area contributed by atoms with Crippen LogP contribution in [0.2, 0.25) is 0 Å². The third-order valence-electron chi connectivity index (χ3n) is 3.16. The molecule has 1 aliphatic rings. The van der Waals surface area contributed by atoms with Crippen molar-refractivity contribution in [1.82, 2.24) is 15.5 Å². The van der Waals surface area contributed by atoms with E-state index in [9.17, 15) is 12.8 Å². The first kappa shape index (κ1) is 13.1. The highest BCUT2D eigenvalue weighted by Gasteiger charge is 2.21. The average molecular weight is 296 g/mol. The van der Waals surface area contributed by atoms with E-state index >= 15 is 0 Å². The highest BCUT2D eigenvalue weighted by atomic mass is 32.2. The Kier molecular flexibility index (Phi) is 3.19. The van der Waals surface area contributed by atoms with Crippen molar-refractivity contribution in [3.63, 3.8) is 0 Å². The van der Waals surface area contributed by atoms with Crippen molar-refractivity contribution in [3.05, 3.63) is 41.3 Å². The maximum atomic E-state index is 12.8. The van der Waals surface area contributed by atoms with Crippen LogP contribution in [0.5, 0.6) is 0 Å². The summed E-state index contributed by atoms with van der Waals surface area (Å²) in [5, 5.41) is 9.97. The molecule has 0 amide bonds. The number of H-pyrrole nitrogens is 1. The first-order valence-corrected chi connectivity index (χ1v) is 7.60. The van der Waals surface area contributed by atoms with Crippen LogP contribution in [0.3, 0.4) is 0 Å². The second-order valence-electron chi connectivity index (χ2n) is 4.52. The number of halogens is 1. The molecule has 106 valence electrons. The molecule has 0 bridgehead atoms. The highest BCUT2D eigenvalue weighted by molar-refractivity contribution is 7.92. The number of aromatic nitrogens is 2. The van der Waals surface area contributed by atoms with E-state index in [0.717, 1.165) is 29.9 Å². The van der Waals surface area contributed by atoms with Crippen LogP contribution in [-0.4, -0.2) is 25.2 Å². The average Bonchev–Trinajstić information content (AvgIpc) is 2.82. The van der Waals surface area contributed by atoms with Gasteiger partial charge in [-0.15, -0.1) is 0 Å². The Hall–Kier alpha value is -1.93. The second-order valence-corrected chi connectivity index (χ2v) is 6.20.